The van der Waals surface area contributed by atoms with Gasteiger partial charge in [-0.05, 0) is 81.4 Å². The standard InChI is InChI=1S/C23H25N3OS/c1-14-19-10-20(28-22(19)26(25-14)18-5-3-2-4-6-18)21(27)24-23-11-15-7-16(12-23)9-17(8-15)13-23/h2-6,10,15-17H,7-9,11-13H2,1H3,(H,24,27). The van der Waals surface area contributed by atoms with Gasteiger partial charge in [0.25, 0.3) is 5.91 Å². The molecule has 144 valence electrons. The second-order valence-electron chi connectivity index (χ2n) is 9.31. The van der Waals surface area contributed by atoms with E-state index in [0.29, 0.717) is 0 Å². The van der Waals surface area contributed by atoms with E-state index in [1.807, 2.05) is 35.9 Å². The molecule has 4 saturated carbocycles. The van der Waals surface area contributed by atoms with Gasteiger partial charge in [0.15, 0.2) is 0 Å². The van der Waals surface area contributed by atoms with E-state index in [0.717, 1.165) is 44.2 Å². The van der Waals surface area contributed by atoms with E-state index < -0.39 is 0 Å². The van der Waals surface area contributed by atoms with Crippen LogP contribution >= 0.6 is 11.3 Å². The first-order chi connectivity index (χ1) is 13.6. The molecule has 7 rings (SSSR count). The number of fused-ring (bicyclic) bond motifs is 1. The number of nitrogens with one attached hydrogen (secondary N) is 1. The van der Waals surface area contributed by atoms with E-state index in [1.54, 1.807) is 11.3 Å². The van der Waals surface area contributed by atoms with Crippen molar-refractivity contribution in [1.82, 2.24) is 15.1 Å². The molecule has 4 bridgehead atoms. The average Bonchev–Trinajstić information content (AvgIpc) is 3.22. The van der Waals surface area contributed by atoms with Gasteiger partial charge >= 0.3 is 0 Å². The van der Waals surface area contributed by atoms with Gasteiger partial charge in [0.1, 0.15) is 4.83 Å². The van der Waals surface area contributed by atoms with Crippen molar-refractivity contribution in [1.29, 1.82) is 0 Å². The maximum atomic E-state index is 13.2. The lowest BCUT2D eigenvalue weighted by atomic mass is 9.53. The Hall–Kier alpha value is -2.14. The summed E-state index contributed by atoms with van der Waals surface area (Å²) in [4.78, 5) is 15.1. The van der Waals surface area contributed by atoms with Crippen molar-refractivity contribution in [3.05, 3.63) is 47.0 Å². The highest BCUT2D eigenvalue weighted by molar-refractivity contribution is 7.20. The van der Waals surface area contributed by atoms with Crippen molar-refractivity contribution in [2.45, 2.75) is 51.0 Å². The Morgan fingerprint density at radius 3 is 2.39 bits per heavy atom. The largest absolute Gasteiger partial charge is 0.346 e. The summed E-state index contributed by atoms with van der Waals surface area (Å²) in [5, 5.41) is 9.30. The molecule has 2 heterocycles. The fraction of sp³-hybridized carbons (Fsp3) is 0.478. The minimum atomic E-state index is 0.0581. The minimum absolute atomic E-state index is 0.0581. The Balaban J connectivity index is 1.32. The monoisotopic (exact) mass is 391 g/mol. The predicted octanol–water partition coefficient (Wildman–Crippen LogP) is 5.09. The van der Waals surface area contributed by atoms with E-state index in [2.05, 4.69) is 17.4 Å². The normalized spacial score (nSPS) is 30.8. The summed E-state index contributed by atoms with van der Waals surface area (Å²) in [7, 11) is 0. The van der Waals surface area contributed by atoms with Crippen molar-refractivity contribution in [2.75, 3.05) is 0 Å². The lowest BCUT2D eigenvalue weighted by molar-refractivity contribution is -0.0166. The molecule has 4 fully saturated rings. The highest BCUT2D eigenvalue weighted by atomic mass is 32.1. The summed E-state index contributed by atoms with van der Waals surface area (Å²) in [6.45, 7) is 2.02. The summed E-state index contributed by atoms with van der Waals surface area (Å²) in [5.41, 5.74) is 2.07. The SMILES string of the molecule is Cc1nn(-c2ccccc2)c2sc(C(=O)NC34CC5CC(CC(C5)C3)C4)cc12. The van der Waals surface area contributed by atoms with Gasteiger partial charge in [-0.15, -0.1) is 11.3 Å². The summed E-state index contributed by atoms with van der Waals surface area (Å²) in [5.74, 6) is 2.62. The molecule has 1 aromatic carbocycles. The van der Waals surface area contributed by atoms with Gasteiger partial charge in [-0.1, -0.05) is 18.2 Å². The molecule has 5 heteroatoms. The highest BCUT2D eigenvalue weighted by Crippen LogP contribution is 2.55. The predicted molar refractivity (Wildman–Crippen MR) is 112 cm³/mol. The van der Waals surface area contributed by atoms with E-state index in [-0.39, 0.29) is 11.4 Å². The molecule has 4 aliphatic rings. The zero-order valence-corrected chi connectivity index (χ0v) is 17.0. The zero-order valence-electron chi connectivity index (χ0n) is 16.1. The number of thiophene rings is 1. The van der Waals surface area contributed by atoms with E-state index >= 15 is 0 Å². The van der Waals surface area contributed by atoms with Crippen molar-refractivity contribution >= 4 is 27.5 Å². The van der Waals surface area contributed by atoms with Crippen molar-refractivity contribution < 1.29 is 4.79 Å². The number of aromatic nitrogens is 2. The number of aryl methyl sites for hydroxylation is 1. The van der Waals surface area contributed by atoms with Gasteiger partial charge in [0.2, 0.25) is 0 Å². The smallest absolute Gasteiger partial charge is 0.261 e. The maximum absolute atomic E-state index is 13.2. The lowest BCUT2D eigenvalue weighted by Crippen LogP contribution is -2.59. The number of carbonyl (C=O) groups is 1. The molecule has 0 saturated heterocycles. The van der Waals surface area contributed by atoms with Crippen LogP contribution in [-0.4, -0.2) is 21.2 Å². The second kappa shape index (κ2) is 5.93. The number of hydrogen-bond donors (Lipinski definition) is 1. The number of benzene rings is 1. The summed E-state index contributed by atoms with van der Waals surface area (Å²) in [6, 6.07) is 12.2. The van der Waals surface area contributed by atoms with Crippen LogP contribution in [0.2, 0.25) is 0 Å². The number of hydrogen-bond acceptors (Lipinski definition) is 3. The van der Waals surface area contributed by atoms with E-state index in [4.69, 9.17) is 5.10 Å². The maximum Gasteiger partial charge on any atom is 0.261 e. The third kappa shape index (κ3) is 2.55. The third-order valence-electron chi connectivity index (χ3n) is 7.19. The van der Waals surface area contributed by atoms with Crippen molar-refractivity contribution in [2.24, 2.45) is 17.8 Å². The van der Waals surface area contributed by atoms with Gasteiger partial charge in [-0.25, -0.2) is 4.68 Å². The quantitative estimate of drug-likeness (QED) is 0.676. The van der Waals surface area contributed by atoms with Crippen LogP contribution in [0.5, 0.6) is 0 Å². The Labute approximate surface area is 168 Å². The Kier molecular flexibility index (Phi) is 3.55. The van der Waals surface area contributed by atoms with Crippen LogP contribution in [-0.2, 0) is 0 Å². The lowest BCUT2D eigenvalue weighted by Gasteiger charge is -2.56. The summed E-state index contributed by atoms with van der Waals surface area (Å²) >= 11 is 1.56. The molecule has 4 nitrogen and oxygen atoms in total. The molecule has 0 spiro atoms. The molecule has 2 aromatic heterocycles. The van der Waals surface area contributed by atoms with Crippen molar-refractivity contribution in [3.8, 4) is 5.69 Å². The molecule has 1 amide bonds. The van der Waals surface area contributed by atoms with Crippen LogP contribution in [0.15, 0.2) is 36.4 Å². The molecule has 0 atom stereocenters. The number of amides is 1. The van der Waals surface area contributed by atoms with Crippen molar-refractivity contribution in [3.63, 3.8) is 0 Å². The Morgan fingerprint density at radius 2 is 1.75 bits per heavy atom. The molecule has 0 radical (unpaired) electrons. The Bertz CT molecular complexity index is 1030. The first kappa shape index (κ1) is 16.8. The number of carbonyl (C=O) groups excluding carboxylic acids is 1. The molecule has 28 heavy (non-hydrogen) atoms. The molecule has 4 aliphatic carbocycles. The molecule has 3 aromatic rings. The van der Waals surface area contributed by atoms with Gasteiger partial charge < -0.3 is 5.32 Å². The topological polar surface area (TPSA) is 46.9 Å². The van der Waals surface area contributed by atoms with Crippen LogP contribution in [0.1, 0.15) is 53.9 Å². The van der Waals surface area contributed by atoms with Crippen LogP contribution in [0.3, 0.4) is 0 Å². The van der Waals surface area contributed by atoms with Gasteiger partial charge in [0.05, 0.1) is 16.3 Å². The number of nitrogens with zero attached hydrogens (tertiary/aromatic N) is 2. The molecule has 0 unspecified atom stereocenters. The summed E-state index contributed by atoms with van der Waals surface area (Å²) in [6.07, 6.45) is 7.74. The number of para-hydroxylation sites is 1. The van der Waals surface area contributed by atoms with Crippen LogP contribution in [0.25, 0.3) is 15.9 Å². The molecular formula is C23H25N3OS. The van der Waals surface area contributed by atoms with Gasteiger partial charge in [-0.3, -0.25) is 4.79 Å². The van der Waals surface area contributed by atoms with Gasteiger partial charge in [-0.2, -0.15) is 5.10 Å². The Morgan fingerprint density at radius 1 is 1.11 bits per heavy atom. The van der Waals surface area contributed by atoms with Crippen LogP contribution in [0.4, 0.5) is 0 Å². The van der Waals surface area contributed by atoms with Gasteiger partial charge in [0, 0.05) is 10.9 Å². The van der Waals surface area contributed by atoms with E-state index in [1.165, 1.54) is 38.5 Å². The summed E-state index contributed by atoms with van der Waals surface area (Å²) < 4.78 is 1.97. The van der Waals surface area contributed by atoms with Crippen LogP contribution < -0.4 is 5.32 Å². The average molecular weight is 392 g/mol. The van der Waals surface area contributed by atoms with Crippen LogP contribution in [0, 0.1) is 24.7 Å². The third-order valence-corrected chi connectivity index (χ3v) is 8.30. The fourth-order valence-electron chi connectivity index (χ4n) is 6.47. The molecule has 0 aliphatic heterocycles. The minimum Gasteiger partial charge on any atom is -0.346 e. The first-order valence-electron chi connectivity index (χ1n) is 10.5. The first-order valence-corrected chi connectivity index (χ1v) is 11.3. The fourth-order valence-corrected chi connectivity index (χ4v) is 7.55. The number of rotatable bonds is 3. The highest BCUT2D eigenvalue weighted by Gasteiger charge is 2.51. The van der Waals surface area contributed by atoms with E-state index in [9.17, 15) is 4.79 Å². The second-order valence-corrected chi connectivity index (χ2v) is 10.3. The molecule has 1 N–H and O–H groups in total. The molecular weight excluding hydrogens is 366 g/mol. The zero-order chi connectivity index (χ0) is 18.9.